The summed E-state index contributed by atoms with van der Waals surface area (Å²) in [7, 11) is 0. The van der Waals surface area contributed by atoms with Gasteiger partial charge in [0.2, 0.25) is 6.29 Å². The van der Waals surface area contributed by atoms with Crippen molar-refractivity contribution >= 4 is 12.3 Å². The van der Waals surface area contributed by atoms with Crippen molar-refractivity contribution in [1.29, 1.82) is 0 Å². The smallest absolute Gasteiger partial charge is 0.317 e. The van der Waals surface area contributed by atoms with Crippen LogP contribution in [0.5, 0.6) is 0 Å². The van der Waals surface area contributed by atoms with Crippen LogP contribution < -0.4 is 5.32 Å². The molecule has 0 bridgehead atoms. The fraction of sp³-hybridized carbons (Fsp3) is 0.846. The molecule has 0 aromatic rings. The van der Waals surface area contributed by atoms with Crippen LogP contribution in [0.25, 0.3) is 0 Å². The van der Waals surface area contributed by atoms with Crippen LogP contribution in [0.2, 0.25) is 0 Å². The number of nitrogens with one attached hydrogen (secondary N) is 1. The average molecular weight is 239 g/mol. The van der Waals surface area contributed by atoms with Crippen LogP contribution in [0.4, 0.5) is 4.79 Å². The minimum Gasteiger partial charge on any atom is -0.328 e. The average Bonchev–Trinajstić information content (AvgIpc) is 2.63. The molecule has 1 fully saturated rings. The molecule has 97 valence electrons. The number of rotatable bonds is 5. The topological polar surface area (TPSA) is 49.4 Å². The van der Waals surface area contributed by atoms with E-state index in [1.807, 2.05) is 11.2 Å². The summed E-state index contributed by atoms with van der Waals surface area (Å²) in [4.78, 5) is 24.5. The molecular weight excluding hydrogens is 216 g/mol. The molecule has 1 aliphatic heterocycles. The van der Waals surface area contributed by atoms with Crippen LogP contribution in [-0.4, -0.2) is 36.3 Å². The van der Waals surface area contributed by atoms with Gasteiger partial charge in [-0.3, -0.25) is 4.79 Å². The van der Waals surface area contributed by atoms with Gasteiger partial charge in [-0.1, -0.05) is 32.6 Å². The lowest BCUT2D eigenvalue weighted by Crippen LogP contribution is -2.45. The molecule has 0 aromatic heterocycles. The molecule has 0 aromatic carbocycles. The lowest BCUT2D eigenvalue weighted by molar-refractivity contribution is 0.197. The number of likely N-dealkylation sites (tertiary alicyclic amines) is 1. The van der Waals surface area contributed by atoms with Gasteiger partial charge in [-0.2, -0.15) is 0 Å². The van der Waals surface area contributed by atoms with Crippen molar-refractivity contribution in [2.75, 3.05) is 13.1 Å². The second-order valence-electron chi connectivity index (χ2n) is 4.66. The number of urea groups is 1. The first-order valence-corrected chi connectivity index (χ1v) is 6.71. The van der Waals surface area contributed by atoms with E-state index in [4.69, 9.17) is 0 Å². The van der Waals surface area contributed by atoms with Gasteiger partial charge in [-0.05, 0) is 19.3 Å². The van der Waals surface area contributed by atoms with E-state index in [1.54, 1.807) is 0 Å². The Morgan fingerprint density at radius 1 is 1.29 bits per heavy atom. The number of nitrogens with zero attached hydrogens (tertiary/aromatic N) is 1. The molecule has 2 amide bonds. The largest absolute Gasteiger partial charge is 0.328 e. The Morgan fingerprint density at radius 3 is 2.47 bits per heavy atom. The van der Waals surface area contributed by atoms with Crippen LogP contribution in [0.3, 0.4) is 0 Å². The normalized spacial score (nSPS) is 18.3. The van der Waals surface area contributed by atoms with Crippen molar-refractivity contribution in [3.8, 4) is 0 Å². The molecule has 4 nitrogen and oxygen atoms in total. The van der Waals surface area contributed by atoms with Crippen molar-refractivity contribution in [1.82, 2.24) is 10.2 Å². The Bertz CT molecular complexity index is 236. The number of hydrogen-bond acceptors (Lipinski definition) is 2. The Labute approximate surface area is 104 Å². The summed E-state index contributed by atoms with van der Waals surface area (Å²) in [6, 6.07) is -0.540. The molecule has 1 atom stereocenters. The summed E-state index contributed by atoms with van der Waals surface area (Å²) < 4.78 is 0. The van der Waals surface area contributed by atoms with E-state index in [2.05, 4.69) is 12.2 Å². The predicted molar refractivity (Wildman–Crippen MR) is 67.6 cm³/mol. The number of amides is 2. The van der Waals surface area contributed by atoms with Gasteiger partial charge in [0.15, 0.2) is 0 Å². The monoisotopic (exact) mass is 239 g/mol. The van der Waals surface area contributed by atoms with Crippen LogP contribution in [0.15, 0.2) is 0 Å². The van der Waals surface area contributed by atoms with E-state index >= 15 is 0 Å². The van der Waals surface area contributed by atoms with Gasteiger partial charge in [0, 0.05) is 13.1 Å². The van der Waals surface area contributed by atoms with Gasteiger partial charge in [-0.15, -0.1) is 0 Å². The van der Waals surface area contributed by atoms with Crippen molar-refractivity contribution in [3.05, 3.63) is 0 Å². The number of hydrogen-bond donors (Lipinski definition) is 1. The first-order chi connectivity index (χ1) is 8.27. The fourth-order valence-corrected chi connectivity index (χ4v) is 2.08. The van der Waals surface area contributed by atoms with E-state index < -0.39 is 6.04 Å². The van der Waals surface area contributed by atoms with Crippen LogP contribution in [-0.2, 0) is 4.79 Å². The fourth-order valence-electron chi connectivity index (χ4n) is 2.08. The minimum absolute atomic E-state index is 0.101. The summed E-state index contributed by atoms with van der Waals surface area (Å²) in [6.45, 7) is 3.69. The third-order valence-electron chi connectivity index (χ3n) is 3.18. The molecule has 0 unspecified atom stereocenters. The summed E-state index contributed by atoms with van der Waals surface area (Å²) in [5.41, 5.74) is 0. The predicted octanol–water partition coefficient (Wildman–Crippen LogP) is 2.24. The lowest BCUT2D eigenvalue weighted by atomic mass is 10.1. The maximum Gasteiger partial charge on any atom is 0.317 e. The zero-order valence-corrected chi connectivity index (χ0v) is 10.7. The highest BCUT2D eigenvalue weighted by molar-refractivity contribution is 5.78. The number of carbonyl (C=O) groups is 1. The van der Waals surface area contributed by atoms with E-state index in [0.29, 0.717) is 6.42 Å². The zero-order valence-electron chi connectivity index (χ0n) is 10.7. The zero-order chi connectivity index (χ0) is 12.5. The molecule has 1 N–H and O–H groups in total. The molecule has 0 aliphatic carbocycles. The second kappa shape index (κ2) is 8.09. The Hall–Kier alpha value is -1.06. The van der Waals surface area contributed by atoms with Gasteiger partial charge in [0.05, 0.1) is 6.04 Å². The van der Waals surface area contributed by atoms with E-state index in [1.165, 1.54) is 12.8 Å². The molecule has 1 saturated heterocycles. The minimum atomic E-state index is -0.439. The molecule has 1 aliphatic rings. The molecule has 1 heterocycles. The van der Waals surface area contributed by atoms with Crippen LogP contribution in [0, 0.1) is 0 Å². The van der Waals surface area contributed by atoms with Crippen molar-refractivity contribution < 1.29 is 9.59 Å². The highest BCUT2D eigenvalue weighted by atomic mass is 16.2. The Kier molecular flexibility index (Phi) is 6.67. The summed E-state index contributed by atoms with van der Waals surface area (Å²) in [6.07, 6.45) is 9.11. The molecule has 0 saturated carbocycles. The van der Waals surface area contributed by atoms with Gasteiger partial charge >= 0.3 is 6.03 Å². The van der Waals surface area contributed by atoms with Gasteiger partial charge in [0.25, 0.3) is 0 Å². The number of carbonyl (C=O) groups excluding carboxylic acids is 2. The molecule has 4 heteroatoms. The molecular formula is C13H23N2O2. The van der Waals surface area contributed by atoms with Crippen molar-refractivity contribution in [2.24, 2.45) is 0 Å². The first kappa shape index (κ1) is 14.0. The summed E-state index contributed by atoms with van der Waals surface area (Å²) in [5.74, 6) is 0. The molecule has 1 radical (unpaired) electrons. The van der Waals surface area contributed by atoms with Crippen molar-refractivity contribution in [2.45, 2.75) is 57.9 Å². The van der Waals surface area contributed by atoms with Crippen molar-refractivity contribution in [3.63, 3.8) is 0 Å². The maximum atomic E-state index is 11.9. The first-order valence-electron chi connectivity index (χ1n) is 6.71. The number of unbranched alkanes of at least 4 members (excludes halogenated alkanes) is 1. The maximum absolute atomic E-state index is 11.9. The highest BCUT2D eigenvalue weighted by Crippen LogP contribution is 2.10. The van der Waals surface area contributed by atoms with Crippen LogP contribution in [0.1, 0.15) is 51.9 Å². The quantitative estimate of drug-likeness (QED) is 0.800. The van der Waals surface area contributed by atoms with Gasteiger partial charge in [0.1, 0.15) is 0 Å². The summed E-state index contributed by atoms with van der Waals surface area (Å²) >= 11 is 0. The van der Waals surface area contributed by atoms with E-state index in [9.17, 15) is 9.59 Å². The Balaban J connectivity index is 2.36. The second-order valence-corrected chi connectivity index (χ2v) is 4.66. The van der Waals surface area contributed by atoms with Crippen LogP contribution >= 0.6 is 0 Å². The SMILES string of the molecule is CCCC[C@@H]([C]=O)NC(=O)N1CCCCCC1. The highest BCUT2D eigenvalue weighted by Gasteiger charge is 2.18. The van der Waals surface area contributed by atoms with E-state index in [-0.39, 0.29) is 6.03 Å². The molecule has 1 rings (SSSR count). The molecule has 0 spiro atoms. The third-order valence-corrected chi connectivity index (χ3v) is 3.18. The third kappa shape index (κ3) is 5.20. The Morgan fingerprint density at radius 2 is 1.94 bits per heavy atom. The lowest BCUT2D eigenvalue weighted by Gasteiger charge is -2.22. The van der Waals surface area contributed by atoms with E-state index in [0.717, 1.165) is 38.8 Å². The molecule has 17 heavy (non-hydrogen) atoms. The summed E-state index contributed by atoms with van der Waals surface area (Å²) in [5, 5.41) is 2.76. The standard InChI is InChI=1S/C13H23N2O2/c1-2-3-8-12(11-16)14-13(17)15-9-6-4-5-7-10-15/h12H,2-10H2,1H3,(H,14,17)/t12-/m0/s1. The van der Waals surface area contributed by atoms with Gasteiger partial charge in [-0.25, -0.2) is 4.79 Å². The van der Waals surface area contributed by atoms with Gasteiger partial charge < -0.3 is 10.2 Å².